The van der Waals surface area contributed by atoms with Crippen molar-refractivity contribution >= 4 is 176 Å². The molecule has 149 heavy (non-hydrogen) atoms. The first-order chi connectivity index (χ1) is 70.5. The number of aliphatic imine (C=N–C) groups is 6. The van der Waals surface area contributed by atoms with Gasteiger partial charge in [-0.15, -0.1) is 68.0 Å². The number of fused-ring (bicyclic) bond motifs is 1. The number of nitriles is 3. The molecule has 9 aromatic heterocycles. The molecular formula is C104H112BrF2N25O10S7. The highest BCUT2D eigenvalue weighted by Crippen LogP contribution is 2.57. The van der Waals surface area contributed by atoms with E-state index in [1.54, 1.807) is 95.5 Å². The number of sulfonamides is 1. The molecule has 45 heteroatoms. The van der Waals surface area contributed by atoms with Crippen LogP contribution in [0.5, 0.6) is 0 Å². The molecule has 0 spiro atoms. The first-order valence-corrected chi connectivity index (χ1v) is 55.5. The Morgan fingerprint density at radius 2 is 0.953 bits per heavy atom. The molecule has 0 radical (unpaired) electrons. The number of pyridine rings is 2. The van der Waals surface area contributed by atoms with Gasteiger partial charge in [-0.25, -0.2) is 51.5 Å². The Labute approximate surface area is 893 Å². The summed E-state index contributed by atoms with van der Waals surface area (Å²) < 4.78 is 55.4. The minimum atomic E-state index is -3.32. The zero-order valence-electron chi connectivity index (χ0n) is 83.9. The van der Waals surface area contributed by atoms with Crippen molar-refractivity contribution in [3.8, 4) is 48.8 Å². The van der Waals surface area contributed by atoms with Crippen LogP contribution in [-0.4, -0.2) is 189 Å². The van der Waals surface area contributed by atoms with Crippen LogP contribution < -0.4 is 34.4 Å². The summed E-state index contributed by atoms with van der Waals surface area (Å²) >= 11 is 12.1. The highest BCUT2D eigenvalue weighted by Gasteiger charge is 2.58. The summed E-state index contributed by atoms with van der Waals surface area (Å²) in [7, 11) is 6.46. The second kappa shape index (κ2) is 42.4. The van der Waals surface area contributed by atoms with Gasteiger partial charge in [0.1, 0.15) is 71.1 Å². The van der Waals surface area contributed by atoms with Crippen molar-refractivity contribution in [2.24, 2.45) is 99.9 Å². The molecule has 10 aliphatic rings. The average molecular weight is 2210 g/mol. The number of carbonyl (C=O) groups excluding carboxylic acids is 6. The Morgan fingerprint density at radius 1 is 0.483 bits per heavy atom. The number of halogens is 3. The van der Waals surface area contributed by atoms with Crippen LogP contribution in [0.4, 0.5) is 14.5 Å². The Morgan fingerprint density at radius 3 is 1.42 bits per heavy atom. The standard InChI is InChI=1S/C26H25N5OS.C18H24F2N4O3S.2C18H18N4OS2.C14H16N4O.C10H11BrN4O3S/c1-26(22-11-21(15-33-22)20-10-16(12-27)13-29-14-20)23(24(32)31(2)25(28)30-26)19-8-6-18(7-9-19)17-4-3-5-17;1-18(13-5-4-12(19)10-14(13)20)15(16(25)23(2)17(21)22-18)11-6-8-24(9-7-11)28(3,26)27;2*1-18(15(10-3-4-10)16(23)22(2)17(20)21-18)14-8-7-13(25-14)12-6-5-11(9-19)24-12;1-14(8-12(19)17(2)13(15)16-14)10-7-11-5-3-4-6-18(11)9-10;1-10(4-7(16)14(2)9(12)13-10)6-3-5(15(17)18)8(11)19-6/h6-11,13-15,17,23H,3-5H2,1-2H3,(H2,28,30);4-5,10-11,15H,6-9H2,1-3H3,(H2,21,22);2*5-8,10,15H,3-4H2,1-2H3,(H2,20,21);3-7,9H,8H2,1-2H3,(H2,15,16);3H,4H2,1-2H3,(H2,12,13)/t23?,26-;15?,18-;15-,18+;15-,18-;14-;10-/m110100/s1. The fourth-order valence-electron chi connectivity index (χ4n) is 20.2. The first-order valence-electron chi connectivity index (χ1n) is 47.9. The maximum Gasteiger partial charge on any atom is 0.294 e. The number of carbonyl (C=O) groups is 6. The van der Waals surface area contributed by atoms with Gasteiger partial charge in [-0.05, 0) is 245 Å². The smallest absolute Gasteiger partial charge is 0.294 e. The number of hydrogen-bond donors (Lipinski definition) is 6. The fourth-order valence-corrected chi connectivity index (χ4v) is 27.9. The lowest BCUT2D eigenvalue weighted by molar-refractivity contribution is -0.385. The van der Waals surface area contributed by atoms with E-state index in [4.69, 9.17) is 59.9 Å². The lowest BCUT2D eigenvalue weighted by atomic mass is 9.68. The molecule has 6 amide bonds. The molecule has 21 rings (SSSR count). The van der Waals surface area contributed by atoms with E-state index in [1.165, 1.54) is 112 Å². The number of hydrogen-bond acceptors (Lipinski definition) is 32. The third-order valence-electron chi connectivity index (χ3n) is 29.6. The number of nitro groups is 1. The zero-order chi connectivity index (χ0) is 108. The Bertz CT molecular complexity index is 7410. The van der Waals surface area contributed by atoms with Crippen molar-refractivity contribution in [3.05, 3.63) is 246 Å². The number of piperidine rings is 1. The SMILES string of the molecule is CN1C(=O)C(C2CCN(S(C)(=O)=O)CC2)[C@@](C)(c2ccc(F)cc2F)N=C1N.CN1C(=O)C(c2ccc(C3CCC3)cc2)[C@@](C)(c2cc(-c3cncc(C#N)c3)cs2)N=C1N.CN1C(=O)C[C@@](C)(c2cc([N+](=O)[O-])c(Br)s2)N=C1N.CN1C(=O)C[C@@](C)(c2cc3ccccn3c2)N=C1N.CN1C(=O)[C@@H](C2CC2)[C@@](C)(c2ccc(-c3ccc(C#N)s3)s2)N=C1N.CN1C(=O)[C@H](C2CC2)[C@@](C)(c2ccc(-c3ccc(C#N)s3)s2)N=C1N. The summed E-state index contributed by atoms with van der Waals surface area (Å²) in [5, 5.41) is 40.1. The predicted octanol–water partition coefficient (Wildman–Crippen LogP) is 15.9. The lowest BCUT2D eigenvalue weighted by Crippen LogP contribution is -2.57. The van der Waals surface area contributed by atoms with Crippen molar-refractivity contribution in [2.75, 3.05) is 61.6 Å². The molecule has 3 aliphatic carbocycles. The quantitative estimate of drug-likeness (QED) is 0.0386. The van der Waals surface area contributed by atoms with E-state index in [1.807, 2.05) is 104 Å². The van der Waals surface area contributed by atoms with Gasteiger partial charge in [0, 0.05) is 148 Å². The number of amides is 6. The maximum absolute atomic E-state index is 14.6. The van der Waals surface area contributed by atoms with Gasteiger partial charge < -0.3 is 38.8 Å². The van der Waals surface area contributed by atoms with Gasteiger partial charge in [0.15, 0.2) is 35.8 Å². The molecule has 0 bridgehead atoms. The molecule has 35 nitrogen and oxygen atoms in total. The van der Waals surface area contributed by atoms with E-state index < -0.39 is 71.7 Å². The van der Waals surface area contributed by atoms with Crippen LogP contribution in [0.25, 0.3) is 36.2 Å². The zero-order valence-corrected chi connectivity index (χ0v) is 91.2. The Kier molecular flexibility index (Phi) is 30.7. The molecular weight excluding hydrogens is 2100 g/mol. The van der Waals surface area contributed by atoms with Gasteiger partial charge in [0.25, 0.3) is 5.69 Å². The molecule has 2 aromatic carbocycles. The largest absolute Gasteiger partial charge is 0.369 e. The highest BCUT2D eigenvalue weighted by atomic mass is 79.9. The van der Waals surface area contributed by atoms with Gasteiger partial charge in [-0.1, -0.05) is 42.8 Å². The van der Waals surface area contributed by atoms with Gasteiger partial charge in [0.05, 0.1) is 58.8 Å². The summed E-state index contributed by atoms with van der Waals surface area (Å²) in [4.78, 5) is 136. The summed E-state index contributed by atoms with van der Waals surface area (Å²) in [6.45, 7) is 11.9. The number of nitrogens with zero attached hydrogens (tertiary/aromatic N) is 19. The topological polar surface area (TPSA) is 521 Å². The summed E-state index contributed by atoms with van der Waals surface area (Å²) in [5.41, 5.74) is 37.6. The van der Waals surface area contributed by atoms with Crippen LogP contribution in [-0.2, 0) is 72.0 Å². The summed E-state index contributed by atoms with van der Waals surface area (Å²) in [6, 6.07) is 47.3. The molecule has 1 saturated heterocycles. The van der Waals surface area contributed by atoms with Gasteiger partial charge in [-0.3, -0.25) is 73.3 Å². The molecule has 776 valence electrons. The molecule has 16 heterocycles. The van der Waals surface area contributed by atoms with Crippen molar-refractivity contribution in [2.45, 2.75) is 157 Å². The fraction of sp³-hybridized carbons (Fsp3) is 0.385. The lowest BCUT2D eigenvalue weighted by Gasteiger charge is -2.46. The van der Waals surface area contributed by atoms with E-state index in [9.17, 15) is 61.3 Å². The van der Waals surface area contributed by atoms with Crippen molar-refractivity contribution < 1.29 is 50.9 Å². The third-order valence-corrected chi connectivity index (χ3v) is 39.1. The van der Waals surface area contributed by atoms with Gasteiger partial charge >= 0.3 is 0 Å². The number of guanidine groups is 6. The highest BCUT2D eigenvalue weighted by molar-refractivity contribution is 9.11. The second-order valence-electron chi connectivity index (χ2n) is 39.7. The van der Waals surface area contributed by atoms with E-state index in [0.717, 1.165) is 106 Å². The molecule has 11 aromatic rings. The van der Waals surface area contributed by atoms with Crippen LogP contribution in [0.3, 0.4) is 0 Å². The number of benzene rings is 2. The normalized spacial score (nSPS) is 25.2. The van der Waals surface area contributed by atoms with E-state index in [2.05, 4.69) is 109 Å². The molecule has 12 N–H and O–H groups in total. The van der Waals surface area contributed by atoms with Crippen LogP contribution in [0.1, 0.15) is 181 Å². The minimum Gasteiger partial charge on any atom is -0.369 e. The van der Waals surface area contributed by atoms with E-state index in [0.29, 0.717) is 61.0 Å². The minimum absolute atomic E-state index is 0.00902. The number of thiophene rings is 6. The number of nitrogens with two attached hydrogens (primary N) is 6. The molecule has 4 fully saturated rings. The van der Waals surface area contributed by atoms with Crippen LogP contribution in [0.15, 0.2) is 197 Å². The molecule has 10 atom stereocenters. The monoisotopic (exact) mass is 2210 g/mol. The van der Waals surface area contributed by atoms with Crippen LogP contribution in [0, 0.1) is 91.2 Å². The first kappa shape index (κ1) is 108. The molecule has 7 aliphatic heterocycles. The number of rotatable bonds is 16. The van der Waals surface area contributed by atoms with Crippen LogP contribution >= 0.6 is 84.0 Å². The van der Waals surface area contributed by atoms with Crippen LogP contribution in [0.2, 0.25) is 0 Å². The van der Waals surface area contributed by atoms with E-state index >= 15 is 0 Å². The van der Waals surface area contributed by atoms with E-state index in [-0.39, 0.29) is 120 Å². The van der Waals surface area contributed by atoms with Gasteiger partial charge in [0.2, 0.25) is 45.5 Å². The Hall–Kier alpha value is -13.7. The summed E-state index contributed by atoms with van der Waals surface area (Å²) in [5.74, 6) is -1.17. The Balaban J connectivity index is 0.000000129. The third kappa shape index (κ3) is 21.7. The van der Waals surface area contributed by atoms with Gasteiger partial charge in [-0.2, -0.15) is 15.8 Å². The average Bonchev–Trinajstić information content (AvgIpc) is 1.71. The molecule has 3 saturated carbocycles. The second-order valence-corrected chi connectivity index (χ2v) is 49.3. The van der Waals surface area contributed by atoms with Crippen molar-refractivity contribution in [3.63, 3.8) is 0 Å². The summed E-state index contributed by atoms with van der Waals surface area (Å²) in [6.07, 6.45) is 17.8. The van der Waals surface area contributed by atoms with Crippen molar-refractivity contribution in [1.82, 2.24) is 43.1 Å². The molecule has 2 unspecified atom stereocenters. The number of likely N-dealkylation sites (N-methyl/N-ethyl adjacent to an activating group) is 1. The van der Waals surface area contributed by atoms with Crippen molar-refractivity contribution in [1.29, 1.82) is 15.8 Å². The number of aromatic nitrogens is 2. The maximum atomic E-state index is 14.6. The predicted molar refractivity (Wildman–Crippen MR) is 580 cm³/mol.